The van der Waals surface area contributed by atoms with E-state index in [-0.39, 0.29) is 17.9 Å². The molecule has 1 aromatic rings. The molecule has 1 unspecified atom stereocenters. The van der Waals surface area contributed by atoms with Gasteiger partial charge in [-0.05, 0) is 48.8 Å². The van der Waals surface area contributed by atoms with Gasteiger partial charge in [-0.1, -0.05) is 18.6 Å². The molecule has 23 heavy (non-hydrogen) atoms. The van der Waals surface area contributed by atoms with Crippen LogP contribution < -0.4 is 5.32 Å². The van der Waals surface area contributed by atoms with Crippen molar-refractivity contribution < 1.29 is 18.9 Å². The minimum absolute atomic E-state index is 0.114. The number of hydrogen-bond donors (Lipinski definition) is 2. The molecule has 0 bridgehead atoms. The molecule has 6 heteroatoms. The van der Waals surface area contributed by atoms with Crippen molar-refractivity contribution in [3.05, 3.63) is 29.8 Å². The molecule has 2 fully saturated rings. The first-order chi connectivity index (χ1) is 10.9. The van der Waals surface area contributed by atoms with E-state index >= 15 is 0 Å². The zero-order valence-corrected chi connectivity index (χ0v) is 13.9. The Balaban J connectivity index is 1.61. The third kappa shape index (κ3) is 2.80. The Morgan fingerprint density at radius 3 is 2.26 bits per heavy atom. The molecule has 1 spiro atoms. The van der Waals surface area contributed by atoms with E-state index in [4.69, 9.17) is 0 Å². The minimum atomic E-state index is -1.24. The summed E-state index contributed by atoms with van der Waals surface area (Å²) >= 11 is 0. The number of carbonyl (C=O) groups is 2. The number of carbonyl (C=O) groups excluding carboxylic acids is 1. The molecule has 1 atom stereocenters. The summed E-state index contributed by atoms with van der Waals surface area (Å²) in [7, 11) is -1.03. The van der Waals surface area contributed by atoms with E-state index in [9.17, 15) is 18.9 Å². The van der Waals surface area contributed by atoms with E-state index in [2.05, 4.69) is 5.32 Å². The summed E-state index contributed by atoms with van der Waals surface area (Å²) in [6.07, 6.45) is 5.78. The predicted molar refractivity (Wildman–Crippen MR) is 86.2 cm³/mol. The number of benzene rings is 1. The number of aliphatic carboxylic acids is 1. The van der Waals surface area contributed by atoms with Crippen LogP contribution in [0.15, 0.2) is 29.2 Å². The Morgan fingerprint density at radius 2 is 1.83 bits per heavy atom. The van der Waals surface area contributed by atoms with Crippen LogP contribution in [0.5, 0.6) is 0 Å². The number of amides is 1. The fourth-order valence-corrected chi connectivity index (χ4v) is 4.34. The Morgan fingerprint density at radius 1 is 1.22 bits per heavy atom. The normalized spacial score (nSPS) is 21.8. The first-order valence-corrected chi connectivity index (χ1v) is 9.37. The highest BCUT2D eigenvalue weighted by Crippen LogP contribution is 2.64. The molecule has 2 aliphatic carbocycles. The highest BCUT2D eigenvalue weighted by atomic mass is 32.2. The summed E-state index contributed by atoms with van der Waals surface area (Å²) in [4.78, 5) is 24.8. The summed E-state index contributed by atoms with van der Waals surface area (Å²) in [6, 6.07) is 7.13. The number of hydrogen-bond acceptors (Lipinski definition) is 3. The van der Waals surface area contributed by atoms with Gasteiger partial charge in [-0.2, -0.15) is 0 Å². The molecule has 0 radical (unpaired) electrons. The quantitative estimate of drug-likeness (QED) is 0.807. The van der Waals surface area contributed by atoms with Crippen molar-refractivity contribution in [3.8, 4) is 0 Å². The van der Waals surface area contributed by atoms with Gasteiger partial charge in [-0.3, -0.25) is 13.8 Å². The molecule has 2 N–H and O–H groups in total. The Bertz CT molecular complexity index is 656. The summed E-state index contributed by atoms with van der Waals surface area (Å²) < 4.78 is 11.3. The average molecular weight is 335 g/mol. The van der Waals surface area contributed by atoms with Gasteiger partial charge in [-0.15, -0.1) is 0 Å². The van der Waals surface area contributed by atoms with Gasteiger partial charge < -0.3 is 10.4 Å². The van der Waals surface area contributed by atoms with E-state index in [1.165, 1.54) is 0 Å². The minimum Gasteiger partial charge on any atom is -0.480 e. The van der Waals surface area contributed by atoms with Crippen LogP contribution in [-0.2, 0) is 26.9 Å². The van der Waals surface area contributed by atoms with E-state index in [1.807, 2.05) is 0 Å². The molecule has 124 valence electrons. The van der Waals surface area contributed by atoms with Gasteiger partial charge in [0.15, 0.2) is 0 Å². The summed E-state index contributed by atoms with van der Waals surface area (Å²) in [5, 5.41) is 12.3. The Kier molecular flexibility index (Phi) is 4.04. The van der Waals surface area contributed by atoms with Gasteiger partial charge in [0, 0.05) is 28.5 Å². The van der Waals surface area contributed by atoms with E-state index in [1.54, 1.807) is 30.5 Å². The highest BCUT2D eigenvalue weighted by Gasteiger charge is 2.64. The van der Waals surface area contributed by atoms with E-state index < -0.39 is 22.2 Å². The van der Waals surface area contributed by atoms with Gasteiger partial charge in [0.25, 0.3) is 0 Å². The summed E-state index contributed by atoms with van der Waals surface area (Å²) in [5.41, 5.74) is -0.265. The molecule has 1 aromatic carbocycles. The molecular weight excluding hydrogens is 314 g/mol. The smallest absolute Gasteiger partial charge is 0.319 e. The molecule has 1 amide bonds. The third-order valence-corrected chi connectivity index (χ3v) is 6.26. The van der Waals surface area contributed by atoms with Gasteiger partial charge in [0.05, 0.1) is 0 Å². The molecule has 2 aliphatic rings. The molecule has 0 aromatic heterocycles. The van der Waals surface area contributed by atoms with Gasteiger partial charge in [0.1, 0.15) is 5.41 Å². The number of rotatable bonds is 5. The lowest BCUT2D eigenvalue weighted by Gasteiger charge is -2.58. The summed E-state index contributed by atoms with van der Waals surface area (Å²) in [5.74, 6) is -1.39. The number of nitrogens with one attached hydrogen (secondary N) is 1. The molecule has 2 saturated carbocycles. The first-order valence-electron chi connectivity index (χ1n) is 7.81. The molecule has 0 saturated heterocycles. The maximum absolute atomic E-state index is 12.4. The van der Waals surface area contributed by atoms with E-state index in [0.717, 1.165) is 29.7 Å². The highest BCUT2D eigenvalue weighted by molar-refractivity contribution is 7.84. The van der Waals surface area contributed by atoms with Crippen molar-refractivity contribution in [3.63, 3.8) is 0 Å². The largest absolute Gasteiger partial charge is 0.480 e. The lowest BCUT2D eigenvalue weighted by atomic mass is 9.45. The van der Waals surface area contributed by atoms with Crippen LogP contribution in [0.4, 0.5) is 0 Å². The van der Waals surface area contributed by atoms with Crippen LogP contribution >= 0.6 is 0 Å². The van der Waals surface area contributed by atoms with Gasteiger partial charge in [-0.25, -0.2) is 0 Å². The van der Waals surface area contributed by atoms with Crippen LogP contribution in [0.2, 0.25) is 0 Å². The fourth-order valence-electron chi connectivity index (χ4n) is 3.82. The van der Waals surface area contributed by atoms with Gasteiger partial charge in [0.2, 0.25) is 5.91 Å². The van der Waals surface area contributed by atoms with Crippen LogP contribution in [0.3, 0.4) is 0 Å². The lowest BCUT2D eigenvalue weighted by molar-refractivity contribution is -0.181. The van der Waals surface area contributed by atoms with Gasteiger partial charge >= 0.3 is 5.97 Å². The monoisotopic (exact) mass is 335 g/mol. The molecule has 0 aliphatic heterocycles. The molecule has 0 heterocycles. The topological polar surface area (TPSA) is 83.5 Å². The van der Waals surface area contributed by atoms with Crippen LogP contribution in [0.25, 0.3) is 0 Å². The molecular formula is C17H21NO4S. The second kappa shape index (κ2) is 5.74. The zero-order chi connectivity index (χ0) is 16.7. The predicted octanol–water partition coefficient (Wildman–Crippen LogP) is 2.08. The fraction of sp³-hybridized carbons (Fsp3) is 0.529. The van der Waals surface area contributed by atoms with Crippen molar-refractivity contribution in [2.45, 2.75) is 43.5 Å². The van der Waals surface area contributed by atoms with Crippen LogP contribution in [0, 0.1) is 10.8 Å². The standard InChI is InChI=1S/C17H21NO4S/c1-23(22)13-5-3-12(4-6-13)9-18-14(19)17(15(20)21)10-16(11-17)7-2-8-16/h3-6H,2,7-11H2,1H3,(H,18,19)(H,20,21). The average Bonchev–Trinajstić information content (AvgIpc) is 2.42. The SMILES string of the molecule is CS(=O)c1ccc(CNC(=O)C2(C(=O)O)CC3(CCC3)C2)cc1. The second-order valence-electron chi connectivity index (χ2n) is 6.88. The Labute approximate surface area is 137 Å². The maximum atomic E-state index is 12.4. The van der Waals surface area contributed by atoms with Crippen molar-refractivity contribution in [1.29, 1.82) is 0 Å². The van der Waals surface area contributed by atoms with Crippen molar-refractivity contribution in [1.82, 2.24) is 5.32 Å². The number of carboxylic acid groups (broad SMARTS) is 1. The first kappa shape index (κ1) is 16.2. The summed E-state index contributed by atoms with van der Waals surface area (Å²) in [6.45, 7) is 0.289. The molecule has 5 nitrogen and oxygen atoms in total. The molecule has 3 rings (SSSR count). The van der Waals surface area contributed by atoms with Crippen molar-refractivity contribution in [2.75, 3.05) is 6.26 Å². The van der Waals surface area contributed by atoms with Crippen LogP contribution in [-0.4, -0.2) is 27.4 Å². The maximum Gasteiger partial charge on any atom is 0.319 e. The van der Waals surface area contributed by atoms with Crippen molar-refractivity contribution in [2.24, 2.45) is 10.8 Å². The number of carboxylic acids is 1. The Hall–Kier alpha value is -1.69. The lowest BCUT2D eigenvalue weighted by Crippen LogP contribution is -2.61. The third-order valence-electron chi connectivity index (χ3n) is 5.32. The van der Waals surface area contributed by atoms with Crippen molar-refractivity contribution >= 4 is 22.7 Å². The van der Waals surface area contributed by atoms with E-state index in [0.29, 0.717) is 12.8 Å². The second-order valence-corrected chi connectivity index (χ2v) is 8.25. The zero-order valence-electron chi connectivity index (χ0n) is 13.1. The van der Waals surface area contributed by atoms with Crippen LogP contribution in [0.1, 0.15) is 37.7 Å².